The van der Waals surface area contributed by atoms with Gasteiger partial charge in [0.05, 0.1) is 10.6 Å². The van der Waals surface area contributed by atoms with Crippen LogP contribution in [0.3, 0.4) is 0 Å². The Labute approximate surface area is 88.1 Å². The quantitative estimate of drug-likeness (QED) is 0.722. The topological polar surface area (TPSA) is 43.1 Å². The number of hydrogen-bond acceptors (Lipinski definition) is 3. The third kappa shape index (κ3) is 1.46. The average Bonchev–Trinajstić information content (AvgIpc) is 2.40. The lowest BCUT2D eigenvalue weighted by atomic mass is 9.87. The summed E-state index contributed by atoms with van der Waals surface area (Å²) in [7, 11) is 0. The number of carbonyl (C=O) groups excluding carboxylic acids is 1. The standard InChI is InChI=1S/C11H15NOS/c1-6-3-4-9-8(5-6)10(7(2)13)11(12)14-9/h6H,3-5,12H2,1-2H3. The second-order valence-electron chi connectivity index (χ2n) is 4.15. The van der Waals surface area contributed by atoms with E-state index in [0.29, 0.717) is 5.92 Å². The monoisotopic (exact) mass is 209 g/mol. The first kappa shape index (κ1) is 9.71. The molecule has 76 valence electrons. The number of fused-ring (bicyclic) bond motifs is 1. The highest BCUT2D eigenvalue weighted by atomic mass is 32.1. The highest BCUT2D eigenvalue weighted by Crippen LogP contribution is 2.37. The Hall–Kier alpha value is -0.830. The maximum Gasteiger partial charge on any atom is 0.163 e. The van der Waals surface area contributed by atoms with Gasteiger partial charge in [-0.1, -0.05) is 6.92 Å². The van der Waals surface area contributed by atoms with E-state index in [1.165, 1.54) is 16.9 Å². The van der Waals surface area contributed by atoms with Gasteiger partial charge in [0, 0.05) is 4.88 Å². The van der Waals surface area contributed by atoms with E-state index in [9.17, 15) is 4.79 Å². The number of hydrogen-bond donors (Lipinski definition) is 1. The van der Waals surface area contributed by atoms with Crippen LogP contribution in [0.4, 0.5) is 5.00 Å². The van der Waals surface area contributed by atoms with Crippen molar-refractivity contribution in [1.82, 2.24) is 0 Å². The number of aryl methyl sites for hydroxylation is 1. The molecule has 0 saturated heterocycles. The number of carbonyl (C=O) groups is 1. The van der Waals surface area contributed by atoms with Crippen LogP contribution in [0, 0.1) is 5.92 Å². The van der Waals surface area contributed by atoms with Gasteiger partial charge in [0.2, 0.25) is 0 Å². The molecule has 1 aliphatic rings. The maximum absolute atomic E-state index is 11.4. The summed E-state index contributed by atoms with van der Waals surface area (Å²) in [6.07, 6.45) is 3.35. The van der Waals surface area contributed by atoms with Crippen LogP contribution in [0.1, 0.15) is 41.1 Å². The minimum atomic E-state index is 0.120. The molecular formula is C11H15NOS. The van der Waals surface area contributed by atoms with Gasteiger partial charge < -0.3 is 5.73 Å². The van der Waals surface area contributed by atoms with E-state index in [4.69, 9.17) is 5.73 Å². The third-order valence-electron chi connectivity index (χ3n) is 2.89. The Morgan fingerprint density at radius 2 is 2.29 bits per heavy atom. The molecule has 1 aliphatic carbocycles. The fourth-order valence-corrected chi connectivity index (χ4v) is 3.33. The van der Waals surface area contributed by atoms with Crippen molar-refractivity contribution in [3.05, 3.63) is 16.0 Å². The van der Waals surface area contributed by atoms with E-state index in [0.717, 1.165) is 23.4 Å². The van der Waals surface area contributed by atoms with Gasteiger partial charge in [-0.05, 0) is 37.7 Å². The molecule has 2 nitrogen and oxygen atoms in total. The number of rotatable bonds is 1. The smallest absolute Gasteiger partial charge is 0.163 e. The first-order valence-electron chi connectivity index (χ1n) is 5.00. The molecule has 1 atom stereocenters. The zero-order chi connectivity index (χ0) is 10.3. The second kappa shape index (κ2) is 3.39. The molecule has 2 N–H and O–H groups in total. The minimum absolute atomic E-state index is 0.120. The number of nitrogen functional groups attached to an aromatic ring is 1. The van der Waals surface area contributed by atoms with Crippen LogP contribution in [0.25, 0.3) is 0 Å². The molecule has 14 heavy (non-hydrogen) atoms. The van der Waals surface area contributed by atoms with Crippen LogP contribution in [0.5, 0.6) is 0 Å². The number of ketones is 1. The maximum atomic E-state index is 11.4. The predicted octanol–water partition coefficient (Wildman–Crippen LogP) is 2.66. The van der Waals surface area contributed by atoms with Crippen molar-refractivity contribution in [1.29, 1.82) is 0 Å². The summed E-state index contributed by atoms with van der Waals surface area (Å²) in [5, 5.41) is 0.719. The van der Waals surface area contributed by atoms with E-state index in [-0.39, 0.29) is 5.78 Å². The van der Waals surface area contributed by atoms with Crippen molar-refractivity contribution in [2.75, 3.05) is 5.73 Å². The van der Waals surface area contributed by atoms with Gasteiger partial charge in [-0.25, -0.2) is 0 Å². The van der Waals surface area contributed by atoms with Gasteiger partial charge in [-0.15, -0.1) is 11.3 Å². The zero-order valence-corrected chi connectivity index (χ0v) is 9.41. The molecule has 0 amide bonds. The van der Waals surface area contributed by atoms with Gasteiger partial charge in [-0.3, -0.25) is 4.79 Å². The molecule has 0 radical (unpaired) electrons. The van der Waals surface area contributed by atoms with Crippen molar-refractivity contribution in [3.63, 3.8) is 0 Å². The largest absolute Gasteiger partial charge is 0.390 e. The van der Waals surface area contributed by atoms with Crippen LogP contribution in [0.15, 0.2) is 0 Å². The molecule has 0 fully saturated rings. The second-order valence-corrected chi connectivity index (χ2v) is 5.28. The van der Waals surface area contributed by atoms with Crippen LogP contribution < -0.4 is 5.73 Å². The van der Waals surface area contributed by atoms with Gasteiger partial charge in [-0.2, -0.15) is 0 Å². The van der Waals surface area contributed by atoms with Crippen molar-refractivity contribution >= 4 is 22.1 Å². The minimum Gasteiger partial charge on any atom is -0.390 e. The van der Waals surface area contributed by atoms with Gasteiger partial charge in [0.15, 0.2) is 5.78 Å². The Morgan fingerprint density at radius 3 is 2.93 bits per heavy atom. The Bertz CT molecular complexity index is 381. The average molecular weight is 209 g/mol. The highest BCUT2D eigenvalue weighted by molar-refractivity contribution is 7.16. The van der Waals surface area contributed by atoms with Gasteiger partial charge in [0.25, 0.3) is 0 Å². The molecule has 1 aromatic rings. The summed E-state index contributed by atoms with van der Waals surface area (Å²) in [5.74, 6) is 0.809. The molecule has 1 aromatic heterocycles. The molecule has 1 unspecified atom stereocenters. The lowest BCUT2D eigenvalue weighted by molar-refractivity contribution is 0.101. The summed E-state index contributed by atoms with van der Waals surface area (Å²) in [5.41, 5.74) is 7.90. The summed E-state index contributed by atoms with van der Waals surface area (Å²) in [4.78, 5) is 12.8. The molecule has 0 spiro atoms. The van der Waals surface area contributed by atoms with E-state index in [1.54, 1.807) is 18.3 Å². The van der Waals surface area contributed by atoms with Gasteiger partial charge in [0.1, 0.15) is 0 Å². The summed E-state index contributed by atoms with van der Waals surface area (Å²) in [6, 6.07) is 0. The van der Waals surface area contributed by atoms with Crippen LogP contribution in [0.2, 0.25) is 0 Å². The number of nitrogens with two attached hydrogens (primary N) is 1. The first-order valence-corrected chi connectivity index (χ1v) is 5.82. The van der Waals surface area contributed by atoms with Crippen molar-refractivity contribution in [3.8, 4) is 0 Å². The van der Waals surface area contributed by atoms with E-state index in [2.05, 4.69) is 6.92 Å². The predicted molar refractivity (Wildman–Crippen MR) is 59.9 cm³/mol. The highest BCUT2D eigenvalue weighted by Gasteiger charge is 2.24. The number of Topliss-reactive ketones (excluding diaryl/α,β-unsaturated/α-hetero) is 1. The fraction of sp³-hybridized carbons (Fsp3) is 0.545. The molecule has 0 saturated carbocycles. The fourth-order valence-electron chi connectivity index (χ4n) is 2.17. The lowest BCUT2D eigenvalue weighted by Crippen LogP contribution is -2.11. The molecule has 1 heterocycles. The molecule has 0 bridgehead atoms. The van der Waals surface area contributed by atoms with E-state index < -0.39 is 0 Å². The normalized spacial score (nSPS) is 20.6. The molecule has 0 aromatic carbocycles. The van der Waals surface area contributed by atoms with Gasteiger partial charge >= 0.3 is 0 Å². The third-order valence-corrected chi connectivity index (χ3v) is 4.01. The summed E-state index contributed by atoms with van der Waals surface area (Å²) in [6.45, 7) is 3.85. The Kier molecular flexibility index (Phi) is 2.35. The Morgan fingerprint density at radius 1 is 1.57 bits per heavy atom. The SMILES string of the molecule is CC(=O)c1c(N)sc2c1CC(C)CC2. The number of anilines is 1. The Balaban J connectivity index is 2.50. The van der Waals surface area contributed by atoms with Crippen molar-refractivity contribution in [2.45, 2.75) is 33.1 Å². The van der Waals surface area contributed by atoms with Crippen LogP contribution >= 0.6 is 11.3 Å². The zero-order valence-electron chi connectivity index (χ0n) is 8.59. The molecular weight excluding hydrogens is 194 g/mol. The number of thiophene rings is 1. The first-order chi connectivity index (χ1) is 6.59. The van der Waals surface area contributed by atoms with E-state index in [1.807, 2.05) is 0 Å². The van der Waals surface area contributed by atoms with Crippen LogP contribution in [-0.4, -0.2) is 5.78 Å². The lowest BCUT2D eigenvalue weighted by Gasteiger charge is -2.18. The van der Waals surface area contributed by atoms with Crippen molar-refractivity contribution < 1.29 is 4.79 Å². The summed E-state index contributed by atoms with van der Waals surface area (Å²) >= 11 is 1.60. The molecule has 3 heteroatoms. The van der Waals surface area contributed by atoms with E-state index >= 15 is 0 Å². The van der Waals surface area contributed by atoms with Crippen LogP contribution in [-0.2, 0) is 12.8 Å². The summed E-state index contributed by atoms with van der Waals surface area (Å²) < 4.78 is 0. The molecule has 2 rings (SSSR count). The molecule has 0 aliphatic heterocycles. The van der Waals surface area contributed by atoms with Crippen molar-refractivity contribution in [2.24, 2.45) is 5.92 Å².